The summed E-state index contributed by atoms with van der Waals surface area (Å²) in [7, 11) is 0. The number of carbonyl (C=O) groups excluding carboxylic acids is 5. The van der Waals surface area contributed by atoms with Gasteiger partial charge in [-0.25, -0.2) is 0 Å². The Labute approximate surface area is 360 Å². The van der Waals surface area contributed by atoms with Crippen LogP contribution in [0, 0.1) is 69.0 Å². The number of hydrogen-bond acceptors (Lipinski definition) is 10. The maximum absolute atomic E-state index is 12.9. The fourth-order valence-corrected chi connectivity index (χ4v) is 19.4. The summed E-state index contributed by atoms with van der Waals surface area (Å²) >= 11 is 8.19. The number of Topliss-reactive ketones (excluding diaryl/α,β-unsaturated/α-hetero) is 3. The number of ketones is 3. The van der Waals surface area contributed by atoms with Gasteiger partial charge in [0.2, 0.25) is 0 Å². The van der Waals surface area contributed by atoms with E-state index in [1.165, 1.54) is 13.8 Å². The van der Waals surface area contributed by atoms with Crippen LogP contribution in [0.2, 0.25) is 0 Å². The molecule has 2 heterocycles. The minimum Gasteiger partial charge on any atom is -0.458 e. The molecule has 0 aromatic carbocycles. The molecule has 0 amide bonds. The van der Waals surface area contributed by atoms with Gasteiger partial charge in [-0.1, -0.05) is 45.7 Å². The van der Waals surface area contributed by atoms with Crippen molar-refractivity contribution in [3.63, 3.8) is 0 Å². The summed E-state index contributed by atoms with van der Waals surface area (Å²) in [5.41, 5.74) is 0.191. The second-order valence-electron chi connectivity index (χ2n) is 21.3. The quantitative estimate of drug-likeness (QED) is 0.210. The van der Waals surface area contributed by atoms with Crippen LogP contribution in [0.1, 0.15) is 130 Å². The van der Waals surface area contributed by atoms with Gasteiger partial charge in [0.15, 0.2) is 11.6 Å². The second-order valence-corrected chi connectivity index (χ2v) is 24.1. The van der Waals surface area contributed by atoms with Gasteiger partial charge in [-0.05, 0) is 136 Å². The molecule has 8 aliphatic carbocycles. The van der Waals surface area contributed by atoms with Gasteiger partial charge >= 0.3 is 11.9 Å². The molecule has 58 heavy (non-hydrogen) atoms. The van der Waals surface area contributed by atoms with Gasteiger partial charge in [-0.15, -0.1) is 0 Å². The maximum atomic E-state index is 12.9. The first-order chi connectivity index (χ1) is 27.4. The lowest BCUT2D eigenvalue weighted by Crippen LogP contribution is -2.63. The summed E-state index contributed by atoms with van der Waals surface area (Å²) < 4.78 is 22.6. The zero-order valence-corrected chi connectivity index (χ0v) is 38.0. The molecule has 10 fully saturated rings. The molecule has 2 aliphatic heterocycles. The van der Waals surface area contributed by atoms with Crippen LogP contribution in [-0.2, 0) is 42.9 Å². The van der Waals surface area contributed by atoms with Crippen LogP contribution in [0.4, 0.5) is 0 Å². The van der Waals surface area contributed by atoms with Crippen LogP contribution in [0.25, 0.3) is 0 Å². The molecule has 12 heteroatoms. The summed E-state index contributed by atoms with van der Waals surface area (Å²) in [6.45, 7) is 8.77. The Balaban J connectivity index is 0.000000150. The Bertz CT molecular complexity index is 1740. The molecule has 8 saturated carbocycles. The molecule has 10 nitrogen and oxygen atoms in total. The fourth-order valence-electron chi connectivity index (χ4n) is 16.8. The third-order valence-electron chi connectivity index (χ3n) is 19.4. The highest BCUT2D eigenvalue weighted by Gasteiger charge is 2.74. The number of alkyl halides is 2. The van der Waals surface area contributed by atoms with E-state index >= 15 is 0 Å². The molecule has 0 aromatic heterocycles. The molecule has 10 aliphatic rings. The monoisotopic (exact) mass is 934 g/mol. The molecule has 0 spiro atoms. The van der Waals surface area contributed by atoms with E-state index in [9.17, 15) is 29.1 Å². The van der Waals surface area contributed by atoms with Crippen LogP contribution in [0.15, 0.2) is 0 Å². The second kappa shape index (κ2) is 14.7. The summed E-state index contributed by atoms with van der Waals surface area (Å²) in [6, 6.07) is 0. The normalized spacial score (nSPS) is 51.7. The van der Waals surface area contributed by atoms with Gasteiger partial charge in [0, 0.05) is 49.4 Å². The van der Waals surface area contributed by atoms with E-state index in [2.05, 4.69) is 45.7 Å². The number of hydrogen-bond donors (Lipinski definition) is 1. The van der Waals surface area contributed by atoms with Crippen molar-refractivity contribution in [1.82, 2.24) is 0 Å². The zero-order valence-electron chi connectivity index (χ0n) is 34.9. The minimum absolute atomic E-state index is 0.00698. The standard InChI is InChI=1S/C23H33BrO5.C23H31BrO5/c2*1-13(25)28-11-19(27)18-4-3-16-15-9-20-23(24)10-14(26)5-8-22(23,12-29-20)17(15)6-7-21(16,18)2/h14-18,20,26H,3-12H2,1-2H3;15-18,20H,3-12H2,1-2H3/t14-,15?,16?,17?,18+,20+,21-,22-,23-;15?,16?,17?,18-,20-,21+,22+,23+/m01/s1. The minimum atomic E-state index is -0.387. The van der Waals surface area contributed by atoms with Crippen molar-refractivity contribution in [2.24, 2.45) is 69.0 Å². The van der Waals surface area contributed by atoms with Gasteiger partial charge in [0.25, 0.3) is 0 Å². The van der Waals surface area contributed by atoms with E-state index in [4.69, 9.17) is 18.9 Å². The van der Waals surface area contributed by atoms with Crippen molar-refractivity contribution >= 4 is 61.1 Å². The van der Waals surface area contributed by atoms with Crippen LogP contribution in [-0.4, -0.2) is 87.8 Å². The molecule has 17 atom stereocenters. The third-order valence-corrected chi connectivity index (χ3v) is 22.6. The number of fused-ring (bicyclic) bond motifs is 6. The van der Waals surface area contributed by atoms with E-state index < -0.39 is 0 Å². The number of aliphatic hydroxyl groups is 1. The Morgan fingerprint density at radius 3 is 1.66 bits per heavy atom. The van der Waals surface area contributed by atoms with Crippen LogP contribution >= 0.6 is 31.9 Å². The first-order valence-corrected chi connectivity index (χ1v) is 24.1. The molecule has 4 bridgehead atoms. The maximum Gasteiger partial charge on any atom is 0.303 e. The molecule has 6 unspecified atom stereocenters. The van der Waals surface area contributed by atoms with Crippen LogP contribution < -0.4 is 0 Å². The Morgan fingerprint density at radius 1 is 0.672 bits per heavy atom. The van der Waals surface area contributed by atoms with Crippen molar-refractivity contribution in [3.8, 4) is 0 Å². The highest BCUT2D eigenvalue weighted by Crippen LogP contribution is 2.74. The average Bonchev–Trinajstić information content (AvgIpc) is 3.80. The van der Waals surface area contributed by atoms with Crippen LogP contribution in [0.5, 0.6) is 0 Å². The lowest BCUT2D eigenvalue weighted by Gasteiger charge is -2.62. The van der Waals surface area contributed by atoms with Gasteiger partial charge in [-0.2, -0.15) is 0 Å². The molecule has 0 radical (unpaired) electrons. The van der Waals surface area contributed by atoms with Crippen molar-refractivity contribution in [2.75, 3.05) is 26.4 Å². The van der Waals surface area contributed by atoms with Crippen molar-refractivity contribution < 1.29 is 48.0 Å². The van der Waals surface area contributed by atoms with Crippen LogP contribution in [0.3, 0.4) is 0 Å². The van der Waals surface area contributed by atoms with E-state index in [1.54, 1.807) is 0 Å². The van der Waals surface area contributed by atoms with Crippen molar-refractivity contribution in [1.29, 1.82) is 0 Å². The fraction of sp³-hybridized carbons (Fsp3) is 0.891. The average molecular weight is 937 g/mol. The Hall–Kier alpha value is -1.21. The number of halogens is 2. The Kier molecular flexibility index (Phi) is 10.7. The number of ether oxygens (including phenoxy) is 4. The third kappa shape index (κ3) is 5.98. The number of esters is 2. The summed E-state index contributed by atoms with van der Waals surface area (Å²) in [5, 5.41) is 10.4. The first-order valence-electron chi connectivity index (χ1n) is 22.6. The predicted molar refractivity (Wildman–Crippen MR) is 220 cm³/mol. The largest absolute Gasteiger partial charge is 0.458 e. The number of aliphatic hydroxyl groups excluding tert-OH is 1. The number of rotatable bonds is 6. The van der Waals surface area contributed by atoms with E-state index in [1.807, 2.05) is 0 Å². The van der Waals surface area contributed by atoms with E-state index in [-0.39, 0.29) is 97.2 Å². The molecule has 1 N–H and O–H groups in total. The summed E-state index contributed by atoms with van der Waals surface area (Å²) in [6.07, 6.45) is 15.3. The molecule has 2 saturated heterocycles. The predicted octanol–water partition coefficient (Wildman–Crippen LogP) is 7.50. The van der Waals surface area contributed by atoms with Crippen molar-refractivity contribution in [3.05, 3.63) is 0 Å². The summed E-state index contributed by atoms with van der Waals surface area (Å²) in [4.78, 5) is 60.4. The van der Waals surface area contributed by atoms with E-state index in [0.717, 1.165) is 103 Å². The van der Waals surface area contributed by atoms with Gasteiger partial charge in [0.05, 0.1) is 40.2 Å². The van der Waals surface area contributed by atoms with Gasteiger partial charge < -0.3 is 24.1 Å². The summed E-state index contributed by atoms with van der Waals surface area (Å²) in [5.74, 6) is 3.17. The lowest BCUT2D eigenvalue weighted by molar-refractivity contribution is -0.150. The molecule has 10 rings (SSSR count). The van der Waals surface area contributed by atoms with Crippen molar-refractivity contribution in [2.45, 2.75) is 157 Å². The first kappa shape index (κ1) is 42.1. The Morgan fingerprint density at radius 2 is 1.16 bits per heavy atom. The topological polar surface area (TPSA) is 143 Å². The highest BCUT2D eigenvalue weighted by molar-refractivity contribution is 9.10. The zero-order chi connectivity index (χ0) is 41.2. The van der Waals surface area contributed by atoms with Gasteiger partial charge in [-0.3, -0.25) is 24.0 Å². The van der Waals surface area contributed by atoms with E-state index in [0.29, 0.717) is 54.1 Å². The molecular formula is C46H64Br2O10. The van der Waals surface area contributed by atoms with Gasteiger partial charge in [0.1, 0.15) is 19.0 Å². The highest BCUT2D eigenvalue weighted by atomic mass is 79.9. The number of carbonyl (C=O) groups is 5. The smallest absolute Gasteiger partial charge is 0.303 e. The SMILES string of the molecule is CC(=O)OCC(=O)[C@H]1CCC2C3C[C@H]4OC[C@@]5(CCC(=O)C[C@]45Br)C3CC[C@@]21C.CC(=O)OCC(=O)[C@H]1CCC2C3C[C@H]4OC[C@@]5(CC[C@H](O)C[C@]45Br)C3CC[C@@]21C. The molecule has 0 aromatic rings. The molecule has 322 valence electrons. The molecular weight excluding hydrogens is 872 g/mol. The lowest BCUT2D eigenvalue weighted by atomic mass is 9.44.